The minimum Gasteiger partial charge on any atom is -0.204 e. The van der Waals surface area contributed by atoms with Crippen LogP contribution < -0.4 is 0 Å². The van der Waals surface area contributed by atoms with Crippen LogP contribution in [0.3, 0.4) is 0 Å². The average molecular weight is 225 g/mol. The first-order valence-corrected chi connectivity index (χ1v) is 3.77. The molecule has 0 saturated heterocycles. The van der Waals surface area contributed by atoms with Gasteiger partial charge in [-0.3, -0.25) is 0 Å². The fraction of sp³-hybridized carbons (Fsp3) is 0. The topological polar surface area (TPSA) is 47.6 Å². The summed E-state index contributed by atoms with van der Waals surface area (Å²) in [4.78, 5) is 0. The fourth-order valence-electron chi connectivity index (χ4n) is 0.735. The summed E-state index contributed by atoms with van der Waals surface area (Å²) in [5.41, 5.74) is 0.140. The van der Waals surface area contributed by atoms with Crippen molar-refractivity contribution < 1.29 is 4.39 Å². The van der Waals surface area contributed by atoms with E-state index in [-0.39, 0.29) is 15.6 Å². The zero-order chi connectivity index (χ0) is 9.14. The van der Waals surface area contributed by atoms with Gasteiger partial charge in [-0.15, -0.1) is 0 Å². The first-order chi connectivity index (χ1) is 5.69. The van der Waals surface area contributed by atoms with E-state index >= 15 is 0 Å². The van der Waals surface area contributed by atoms with Crippen LogP contribution in [0, 0.1) is 28.5 Å². The Bertz CT molecular complexity index is 401. The van der Waals surface area contributed by atoms with E-state index in [1.165, 1.54) is 12.1 Å². The molecule has 1 rings (SSSR count). The molecule has 0 aliphatic heterocycles. The van der Waals surface area contributed by atoms with Crippen molar-refractivity contribution in [2.24, 2.45) is 0 Å². The summed E-state index contributed by atoms with van der Waals surface area (Å²) in [5, 5.41) is 16.9. The van der Waals surface area contributed by atoms with Crippen molar-refractivity contribution >= 4 is 15.9 Å². The maximum atomic E-state index is 12.9. The summed E-state index contributed by atoms with van der Waals surface area (Å²) in [5.74, 6) is -0.628. The highest BCUT2D eigenvalue weighted by Crippen LogP contribution is 2.20. The Balaban J connectivity index is 3.44. The molecule has 0 bridgehead atoms. The predicted molar refractivity (Wildman–Crippen MR) is 43.5 cm³/mol. The van der Waals surface area contributed by atoms with Crippen LogP contribution in [0.1, 0.15) is 11.1 Å². The Morgan fingerprint density at radius 1 is 1.25 bits per heavy atom. The quantitative estimate of drug-likeness (QED) is 0.680. The van der Waals surface area contributed by atoms with Gasteiger partial charge in [0.1, 0.15) is 6.07 Å². The van der Waals surface area contributed by atoms with Crippen molar-refractivity contribution in [2.75, 3.05) is 0 Å². The number of rotatable bonds is 0. The van der Waals surface area contributed by atoms with E-state index in [1.54, 1.807) is 6.07 Å². The van der Waals surface area contributed by atoms with Crippen LogP contribution in [0.4, 0.5) is 4.39 Å². The molecule has 1 aromatic rings. The molecule has 0 aliphatic carbocycles. The van der Waals surface area contributed by atoms with Gasteiger partial charge in [0, 0.05) is 0 Å². The molecule has 0 spiro atoms. The zero-order valence-electron chi connectivity index (χ0n) is 5.81. The molecule has 58 valence electrons. The summed E-state index contributed by atoms with van der Waals surface area (Å²) in [6.07, 6.45) is 0. The molecule has 0 heterocycles. The summed E-state index contributed by atoms with van der Waals surface area (Å²) < 4.78 is 13.1. The monoisotopic (exact) mass is 224 g/mol. The van der Waals surface area contributed by atoms with Gasteiger partial charge in [0.05, 0.1) is 21.7 Å². The average Bonchev–Trinajstić information content (AvgIpc) is 2.09. The van der Waals surface area contributed by atoms with E-state index in [0.29, 0.717) is 0 Å². The van der Waals surface area contributed by atoms with Gasteiger partial charge in [-0.1, -0.05) is 0 Å². The van der Waals surface area contributed by atoms with E-state index in [4.69, 9.17) is 10.5 Å². The van der Waals surface area contributed by atoms with Crippen LogP contribution >= 0.6 is 15.9 Å². The smallest absolute Gasteiger partial charge is 0.155 e. The highest BCUT2D eigenvalue weighted by Gasteiger charge is 2.07. The third-order valence-electron chi connectivity index (χ3n) is 1.28. The maximum absolute atomic E-state index is 12.9. The molecule has 0 saturated carbocycles. The second-order valence-corrected chi connectivity index (χ2v) is 2.90. The second-order valence-electron chi connectivity index (χ2n) is 2.04. The van der Waals surface area contributed by atoms with Crippen molar-refractivity contribution in [2.45, 2.75) is 0 Å². The third kappa shape index (κ3) is 1.44. The Labute approximate surface area is 77.0 Å². The lowest BCUT2D eigenvalue weighted by molar-refractivity contribution is 0.617. The molecule has 0 amide bonds. The van der Waals surface area contributed by atoms with Crippen LogP contribution in [-0.2, 0) is 0 Å². The zero-order valence-corrected chi connectivity index (χ0v) is 7.39. The number of nitrogens with zero attached hydrogens (tertiary/aromatic N) is 2. The number of benzene rings is 1. The van der Waals surface area contributed by atoms with Crippen LogP contribution in [0.5, 0.6) is 0 Å². The molecule has 0 radical (unpaired) electrons. The molecule has 0 unspecified atom stereocenters. The largest absolute Gasteiger partial charge is 0.204 e. The van der Waals surface area contributed by atoms with Gasteiger partial charge < -0.3 is 0 Å². The molecule has 4 heteroatoms. The minimum absolute atomic E-state index is 0.124. The van der Waals surface area contributed by atoms with Crippen molar-refractivity contribution in [3.63, 3.8) is 0 Å². The first-order valence-electron chi connectivity index (χ1n) is 2.98. The van der Waals surface area contributed by atoms with Gasteiger partial charge in [-0.25, -0.2) is 4.39 Å². The molecular formula is C8H2BrFN2. The van der Waals surface area contributed by atoms with Gasteiger partial charge in [-0.2, -0.15) is 10.5 Å². The second kappa shape index (κ2) is 3.34. The molecule has 0 fully saturated rings. The van der Waals surface area contributed by atoms with Gasteiger partial charge in [0.25, 0.3) is 0 Å². The van der Waals surface area contributed by atoms with Crippen LogP contribution in [-0.4, -0.2) is 0 Å². The minimum atomic E-state index is -0.628. The van der Waals surface area contributed by atoms with Gasteiger partial charge in [0.2, 0.25) is 0 Å². The molecule has 0 aliphatic rings. The number of nitriles is 2. The lowest BCUT2D eigenvalue weighted by Gasteiger charge is -1.96. The van der Waals surface area contributed by atoms with E-state index in [0.717, 1.165) is 0 Å². The Morgan fingerprint density at radius 3 is 2.42 bits per heavy atom. The Hall–Kier alpha value is -1.39. The highest BCUT2D eigenvalue weighted by atomic mass is 79.9. The summed E-state index contributed by atoms with van der Waals surface area (Å²) >= 11 is 2.90. The molecule has 0 atom stereocenters. The lowest BCUT2D eigenvalue weighted by atomic mass is 10.1. The van der Waals surface area contributed by atoms with E-state index in [9.17, 15) is 4.39 Å². The van der Waals surface area contributed by atoms with Crippen LogP contribution in [0.15, 0.2) is 16.6 Å². The Kier molecular flexibility index (Phi) is 2.42. The van der Waals surface area contributed by atoms with Crippen LogP contribution in [0.2, 0.25) is 0 Å². The molecule has 12 heavy (non-hydrogen) atoms. The maximum Gasteiger partial charge on any atom is 0.155 e. The van der Waals surface area contributed by atoms with Gasteiger partial charge >= 0.3 is 0 Å². The third-order valence-corrected chi connectivity index (χ3v) is 1.85. The molecule has 0 N–H and O–H groups in total. The summed E-state index contributed by atoms with van der Waals surface area (Å²) in [6.45, 7) is 0. The van der Waals surface area contributed by atoms with Crippen LogP contribution in [0.25, 0.3) is 0 Å². The Morgan fingerprint density at radius 2 is 1.92 bits per heavy atom. The van der Waals surface area contributed by atoms with E-state index in [2.05, 4.69) is 15.9 Å². The standard InChI is InChI=1S/C8H2BrFN2/c9-7-2-5(3-11)1-6(4-12)8(7)10/h1-2H. The lowest BCUT2D eigenvalue weighted by Crippen LogP contribution is -1.87. The molecule has 2 nitrogen and oxygen atoms in total. The molecule has 0 aromatic heterocycles. The van der Waals surface area contributed by atoms with Gasteiger partial charge in [-0.05, 0) is 28.1 Å². The predicted octanol–water partition coefficient (Wildman–Crippen LogP) is 2.33. The van der Waals surface area contributed by atoms with Crippen molar-refractivity contribution in [1.82, 2.24) is 0 Å². The summed E-state index contributed by atoms with van der Waals surface area (Å²) in [7, 11) is 0. The van der Waals surface area contributed by atoms with Gasteiger partial charge in [0.15, 0.2) is 5.82 Å². The summed E-state index contributed by atoms with van der Waals surface area (Å²) in [6, 6.07) is 6.01. The SMILES string of the molecule is N#Cc1cc(Br)c(F)c(C#N)c1. The normalized spacial score (nSPS) is 8.67. The van der Waals surface area contributed by atoms with Crippen molar-refractivity contribution in [3.05, 3.63) is 33.5 Å². The first kappa shape index (κ1) is 8.70. The molecular weight excluding hydrogens is 223 g/mol. The number of halogens is 2. The fourth-order valence-corrected chi connectivity index (χ4v) is 1.20. The van der Waals surface area contributed by atoms with Crippen molar-refractivity contribution in [1.29, 1.82) is 10.5 Å². The van der Waals surface area contributed by atoms with Crippen molar-refractivity contribution in [3.8, 4) is 12.1 Å². The number of hydrogen-bond acceptors (Lipinski definition) is 2. The highest BCUT2D eigenvalue weighted by molar-refractivity contribution is 9.10. The van der Waals surface area contributed by atoms with E-state index in [1.807, 2.05) is 6.07 Å². The molecule has 1 aromatic carbocycles. The number of hydrogen-bond donors (Lipinski definition) is 0. The van der Waals surface area contributed by atoms with E-state index < -0.39 is 5.82 Å².